The summed E-state index contributed by atoms with van der Waals surface area (Å²) in [6, 6.07) is 1.20. The SMILES string of the molecule is CC(C)N(CCC(=N)N)S(=O)(=O)c1ccn[nH]1. The third kappa shape index (κ3) is 3.27. The summed E-state index contributed by atoms with van der Waals surface area (Å²) in [6.07, 6.45) is 1.60. The van der Waals surface area contributed by atoms with E-state index in [0.29, 0.717) is 0 Å². The minimum absolute atomic E-state index is 0.0320. The number of aromatic nitrogens is 2. The number of hydrogen-bond donors (Lipinski definition) is 3. The molecule has 1 heterocycles. The molecule has 0 aromatic carbocycles. The van der Waals surface area contributed by atoms with Gasteiger partial charge in [-0.1, -0.05) is 0 Å². The standard InChI is InChI=1S/C9H17N5O2S/c1-7(2)14(6-4-8(10)11)17(15,16)9-3-5-12-13-9/h3,5,7H,4,6H2,1-2H3,(H3,10,11)(H,12,13). The monoisotopic (exact) mass is 259 g/mol. The molecule has 0 bridgehead atoms. The molecule has 0 aliphatic carbocycles. The number of amidine groups is 1. The van der Waals surface area contributed by atoms with Gasteiger partial charge in [0.25, 0.3) is 10.0 Å². The fourth-order valence-electron chi connectivity index (χ4n) is 1.40. The third-order valence-corrected chi connectivity index (χ3v) is 4.24. The normalized spacial score (nSPS) is 12.2. The van der Waals surface area contributed by atoms with Crippen LogP contribution in [0.2, 0.25) is 0 Å². The molecule has 4 N–H and O–H groups in total. The van der Waals surface area contributed by atoms with Crippen molar-refractivity contribution >= 4 is 15.9 Å². The van der Waals surface area contributed by atoms with Gasteiger partial charge in [-0.3, -0.25) is 10.5 Å². The second-order valence-corrected chi connectivity index (χ2v) is 5.76. The lowest BCUT2D eigenvalue weighted by molar-refractivity contribution is 0.360. The number of hydrogen-bond acceptors (Lipinski definition) is 4. The first-order valence-corrected chi connectivity index (χ1v) is 6.64. The van der Waals surface area contributed by atoms with Crippen molar-refractivity contribution in [3.63, 3.8) is 0 Å². The number of aromatic amines is 1. The van der Waals surface area contributed by atoms with E-state index in [1.807, 2.05) is 0 Å². The van der Waals surface area contributed by atoms with Crippen LogP contribution in [-0.4, -0.2) is 41.3 Å². The summed E-state index contributed by atoms with van der Waals surface area (Å²) >= 11 is 0. The van der Waals surface area contributed by atoms with E-state index in [1.54, 1.807) is 13.8 Å². The van der Waals surface area contributed by atoms with Crippen molar-refractivity contribution in [2.75, 3.05) is 6.54 Å². The quantitative estimate of drug-likeness (QED) is 0.497. The fourth-order valence-corrected chi connectivity index (χ4v) is 2.94. The van der Waals surface area contributed by atoms with Crippen molar-refractivity contribution < 1.29 is 8.42 Å². The molecule has 0 unspecified atom stereocenters. The Morgan fingerprint density at radius 2 is 2.29 bits per heavy atom. The Labute approximate surface area is 101 Å². The number of rotatable bonds is 6. The van der Waals surface area contributed by atoms with Gasteiger partial charge in [-0.25, -0.2) is 8.42 Å². The van der Waals surface area contributed by atoms with Gasteiger partial charge in [-0.2, -0.15) is 9.40 Å². The molecule has 0 aliphatic heterocycles. The topological polar surface area (TPSA) is 116 Å². The lowest BCUT2D eigenvalue weighted by Gasteiger charge is -2.24. The zero-order chi connectivity index (χ0) is 13.1. The molecular formula is C9H17N5O2S. The highest BCUT2D eigenvalue weighted by Crippen LogP contribution is 2.15. The highest BCUT2D eigenvalue weighted by molar-refractivity contribution is 7.89. The van der Waals surface area contributed by atoms with E-state index in [1.165, 1.54) is 16.6 Å². The van der Waals surface area contributed by atoms with E-state index in [4.69, 9.17) is 11.1 Å². The Hall–Kier alpha value is -1.41. The third-order valence-electron chi connectivity index (χ3n) is 2.24. The first-order valence-electron chi connectivity index (χ1n) is 5.20. The van der Waals surface area contributed by atoms with Gasteiger partial charge in [-0.15, -0.1) is 0 Å². The first kappa shape index (κ1) is 13.7. The number of nitrogens with two attached hydrogens (primary N) is 1. The molecule has 1 aromatic rings. The van der Waals surface area contributed by atoms with Crippen LogP contribution < -0.4 is 5.73 Å². The highest BCUT2D eigenvalue weighted by Gasteiger charge is 2.27. The van der Waals surface area contributed by atoms with Crippen LogP contribution in [0.1, 0.15) is 20.3 Å². The predicted molar refractivity (Wildman–Crippen MR) is 64.1 cm³/mol. The molecule has 1 aromatic heterocycles. The largest absolute Gasteiger partial charge is 0.388 e. The molecule has 0 saturated carbocycles. The first-order chi connectivity index (χ1) is 7.85. The molecule has 1 rings (SSSR count). The van der Waals surface area contributed by atoms with Crippen LogP contribution in [0.25, 0.3) is 0 Å². The van der Waals surface area contributed by atoms with Crippen molar-refractivity contribution in [3.8, 4) is 0 Å². The van der Waals surface area contributed by atoms with Gasteiger partial charge < -0.3 is 5.73 Å². The summed E-state index contributed by atoms with van der Waals surface area (Å²) in [5, 5.41) is 13.3. The maximum atomic E-state index is 12.2. The van der Waals surface area contributed by atoms with Crippen LogP contribution >= 0.6 is 0 Å². The summed E-state index contributed by atoms with van der Waals surface area (Å²) in [5.74, 6) is -0.0320. The molecule has 8 heteroatoms. The molecule has 0 spiro atoms. The summed E-state index contributed by atoms with van der Waals surface area (Å²) in [6.45, 7) is 3.73. The number of nitrogens with zero attached hydrogens (tertiary/aromatic N) is 2. The fraction of sp³-hybridized carbons (Fsp3) is 0.556. The molecule has 0 amide bonds. The molecule has 0 radical (unpaired) electrons. The Balaban J connectivity index is 2.95. The molecule has 7 nitrogen and oxygen atoms in total. The Kier molecular flexibility index (Phi) is 4.24. The van der Waals surface area contributed by atoms with E-state index in [-0.39, 0.29) is 29.9 Å². The summed E-state index contributed by atoms with van der Waals surface area (Å²) in [7, 11) is -3.59. The van der Waals surface area contributed by atoms with Crippen LogP contribution in [0.3, 0.4) is 0 Å². The van der Waals surface area contributed by atoms with Crippen LogP contribution in [0.15, 0.2) is 17.3 Å². The van der Waals surface area contributed by atoms with E-state index in [9.17, 15) is 8.42 Å². The predicted octanol–water partition coefficient (Wildman–Crippen LogP) is 0.135. The zero-order valence-corrected chi connectivity index (χ0v) is 10.7. The van der Waals surface area contributed by atoms with Crippen LogP contribution in [0, 0.1) is 5.41 Å². The van der Waals surface area contributed by atoms with Crippen molar-refractivity contribution in [1.82, 2.24) is 14.5 Å². The Bertz CT molecular complexity index is 466. The maximum Gasteiger partial charge on any atom is 0.260 e. The number of sulfonamides is 1. The lowest BCUT2D eigenvalue weighted by atomic mass is 10.3. The molecule has 0 atom stereocenters. The van der Waals surface area contributed by atoms with Gasteiger partial charge in [0, 0.05) is 19.0 Å². The van der Waals surface area contributed by atoms with Crippen molar-refractivity contribution in [2.24, 2.45) is 5.73 Å². The minimum Gasteiger partial charge on any atom is -0.388 e. The van der Waals surface area contributed by atoms with Crippen LogP contribution in [-0.2, 0) is 10.0 Å². The van der Waals surface area contributed by atoms with E-state index >= 15 is 0 Å². The number of H-pyrrole nitrogens is 1. The summed E-state index contributed by atoms with van der Waals surface area (Å²) in [5.41, 5.74) is 5.24. The summed E-state index contributed by atoms with van der Waals surface area (Å²) < 4.78 is 25.7. The van der Waals surface area contributed by atoms with E-state index in [2.05, 4.69) is 10.2 Å². The van der Waals surface area contributed by atoms with Crippen molar-refractivity contribution in [2.45, 2.75) is 31.3 Å². The van der Waals surface area contributed by atoms with Gasteiger partial charge in [0.05, 0.1) is 12.0 Å². The molecule has 0 fully saturated rings. The maximum absolute atomic E-state index is 12.2. The average Bonchev–Trinajstić information content (AvgIpc) is 2.69. The smallest absolute Gasteiger partial charge is 0.260 e. The minimum atomic E-state index is -3.59. The number of nitrogens with one attached hydrogen (secondary N) is 2. The van der Waals surface area contributed by atoms with Gasteiger partial charge in [0.15, 0.2) is 5.03 Å². The van der Waals surface area contributed by atoms with Crippen molar-refractivity contribution in [1.29, 1.82) is 5.41 Å². The van der Waals surface area contributed by atoms with Crippen LogP contribution in [0.4, 0.5) is 0 Å². The average molecular weight is 259 g/mol. The molecule has 0 saturated heterocycles. The lowest BCUT2D eigenvalue weighted by Crippen LogP contribution is -2.39. The second-order valence-electron chi connectivity index (χ2n) is 3.91. The van der Waals surface area contributed by atoms with E-state index in [0.717, 1.165) is 0 Å². The molecule has 96 valence electrons. The zero-order valence-electron chi connectivity index (χ0n) is 9.84. The second kappa shape index (κ2) is 5.28. The molecule has 0 aliphatic rings. The molecule has 17 heavy (non-hydrogen) atoms. The van der Waals surface area contributed by atoms with Gasteiger partial charge in [0.1, 0.15) is 0 Å². The Morgan fingerprint density at radius 3 is 2.71 bits per heavy atom. The van der Waals surface area contributed by atoms with Crippen molar-refractivity contribution in [3.05, 3.63) is 12.3 Å². The van der Waals surface area contributed by atoms with Gasteiger partial charge >= 0.3 is 0 Å². The van der Waals surface area contributed by atoms with Crippen LogP contribution in [0.5, 0.6) is 0 Å². The Morgan fingerprint density at radius 1 is 1.65 bits per heavy atom. The molecular weight excluding hydrogens is 242 g/mol. The highest BCUT2D eigenvalue weighted by atomic mass is 32.2. The van der Waals surface area contributed by atoms with E-state index < -0.39 is 10.0 Å². The van der Waals surface area contributed by atoms with Gasteiger partial charge in [0.2, 0.25) is 0 Å². The van der Waals surface area contributed by atoms with Gasteiger partial charge in [-0.05, 0) is 19.9 Å². The summed E-state index contributed by atoms with van der Waals surface area (Å²) in [4.78, 5) is 0.